The van der Waals surface area contributed by atoms with Gasteiger partial charge in [-0.25, -0.2) is 0 Å². The van der Waals surface area contributed by atoms with E-state index in [4.69, 9.17) is 4.74 Å². The van der Waals surface area contributed by atoms with Gasteiger partial charge in [0, 0.05) is 24.8 Å². The van der Waals surface area contributed by atoms with Gasteiger partial charge >= 0.3 is 5.97 Å². The maximum Gasteiger partial charge on any atom is 0.302 e. The zero-order valence-corrected chi connectivity index (χ0v) is 12.1. The molecule has 2 aromatic carbocycles. The van der Waals surface area contributed by atoms with Crippen LogP contribution in [0.3, 0.4) is 0 Å². The standard InChI is InChI=1S/C18H19NO2/c1-16(20)21-15-9-8-14-19(17-10-4-2-5-11-17)18-12-6-3-7-13-18/h2-13H,14-15H2,1H3. The molecule has 0 aliphatic carbocycles. The Hall–Kier alpha value is -2.55. The lowest BCUT2D eigenvalue weighted by molar-refractivity contribution is -0.139. The summed E-state index contributed by atoms with van der Waals surface area (Å²) in [5.41, 5.74) is 2.25. The lowest BCUT2D eigenvalue weighted by atomic mass is 10.2. The lowest BCUT2D eigenvalue weighted by Crippen LogP contribution is -2.16. The van der Waals surface area contributed by atoms with Crippen LogP contribution in [0.4, 0.5) is 11.4 Å². The van der Waals surface area contributed by atoms with Crippen molar-refractivity contribution in [3.05, 3.63) is 72.8 Å². The number of rotatable bonds is 6. The van der Waals surface area contributed by atoms with Gasteiger partial charge in [0.1, 0.15) is 6.61 Å². The van der Waals surface area contributed by atoms with Gasteiger partial charge in [-0.2, -0.15) is 0 Å². The summed E-state index contributed by atoms with van der Waals surface area (Å²) in [5.74, 6) is -0.261. The lowest BCUT2D eigenvalue weighted by Gasteiger charge is -2.23. The number of carbonyl (C=O) groups excluding carboxylic acids is 1. The van der Waals surface area contributed by atoms with Crippen molar-refractivity contribution in [1.82, 2.24) is 0 Å². The molecule has 2 rings (SSSR count). The Labute approximate surface area is 125 Å². The summed E-state index contributed by atoms with van der Waals surface area (Å²) in [5, 5.41) is 0. The number of ether oxygens (including phenoxy) is 1. The maximum atomic E-state index is 10.7. The molecule has 0 heterocycles. The summed E-state index contributed by atoms with van der Waals surface area (Å²) in [6.07, 6.45) is 3.86. The number of hydrogen-bond acceptors (Lipinski definition) is 3. The first-order valence-electron chi connectivity index (χ1n) is 6.93. The molecule has 0 bridgehead atoms. The van der Waals surface area contributed by atoms with E-state index in [2.05, 4.69) is 29.2 Å². The minimum atomic E-state index is -0.261. The highest BCUT2D eigenvalue weighted by atomic mass is 16.5. The van der Waals surface area contributed by atoms with E-state index in [1.807, 2.05) is 48.6 Å². The van der Waals surface area contributed by atoms with Crippen molar-refractivity contribution < 1.29 is 9.53 Å². The van der Waals surface area contributed by atoms with Gasteiger partial charge < -0.3 is 9.64 Å². The molecule has 3 heteroatoms. The first-order valence-corrected chi connectivity index (χ1v) is 6.93. The van der Waals surface area contributed by atoms with Crippen LogP contribution in [0.25, 0.3) is 0 Å². The second-order valence-corrected chi connectivity index (χ2v) is 4.56. The van der Waals surface area contributed by atoms with Crippen LogP contribution >= 0.6 is 0 Å². The van der Waals surface area contributed by atoms with E-state index in [1.54, 1.807) is 0 Å². The average molecular weight is 281 g/mol. The molecule has 3 nitrogen and oxygen atoms in total. The van der Waals surface area contributed by atoms with E-state index < -0.39 is 0 Å². The number of nitrogens with zero attached hydrogens (tertiary/aromatic N) is 1. The number of para-hydroxylation sites is 2. The Kier molecular flexibility index (Phi) is 5.59. The molecule has 2 aromatic rings. The monoisotopic (exact) mass is 281 g/mol. The zero-order chi connectivity index (χ0) is 14.9. The second kappa shape index (κ2) is 7.90. The van der Waals surface area contributed by atoms with Crippen LogP contribution < -0.4 is 4.90 Å². The molecular weight excluding hydrogens is 262 g/mol. The first kappa shape index (κ1) is 14.9. The van der Waals surface area contributed by atoms with Gasteiger partial charge in [0.2, 0.25) is 0 Å². The van der Waals surface area contributed by atoms with Crippen molar-refractivity contribution in [3.8, 4) is 0 Å². The fourth-order valence-corrected chi connectivity index (χ4v) is 1.99. The van der Waals surface area contributed by atoms with Gasteiger partial charge in [-0.05, 0) is 30.3 Å². The van der Waals surface area contributed by atoms with Crippen LogP contribution in [0, 0.1) is 0 Å². The van der Waals surface area contributed by atoms with Gasteiger partial charge in [-0.15, -0.1) is 0 Å². The summed E-state index contributed by atoms with van der Waals surface area (Å²) in [6, 6.07) is 20.4. The van der Waals surface area contributed by atoms with Crippen molar-refractivity contribution in [2.75, 3.05) is 18.1 Å². The number of hydrogen-bond donors (Lipinski definition) is 0. The highest BCUT2D eigenvalue weighted by Gasteiger charge is 2.06. The number of benzene rings is 2. The molecule has 0 spiro atoms. The van der Waals surface area contributed by atoms with Crippen molar-refractivity contribution in [2.45, 2.75) is 6.92 Å². The minimum Gasteiger partial charge on any atom is -0.462 e. The Morgan fingerprint density at radius 2 is 1.48 bits per heavy atom. The van der Waals surface area contributed by atoms with Crippen LogP contribution in [0.2, 0.25) is 0 Å². The number of carbonyl (C=O) groups is 1. The predicted molar refractivity (Wildman–Crippen MR) is 85.7 cm³/mol. The molecule has 0 aromatic heterocycles. The highest BCUT2D eigenvalue weighted by Crippen LogP contribution is 2.24. The topological polar surface area (TPSA) is 29.5 Å². The number of anilines is 2. The van der Waals surface area contributed by atoms with Gasteiger partial charge in [-0.3, -0.25) is 4.79 Å². The van der Waals surface area contributed by atoms with E-state index >= 15 is 0 Å². The predicted octanol–water partition coefficient (Wildman–Crippen LogP) is 3.94. The Balaban J connectivity index is 2.09. The molecule has 0 saturated carbocycles. The molecule has 0 N–H and O–H groups in total. The van der Waals surface area contributed by atoms with Crippen LogP contribution in [0.1, 0.15) is 6.92 Å². The van der Waals surface area contributed by atoms with Gasteiger partial charge in [0.25, 0.3) is 0 Å². The molecule has 0 amide bonds. The van der Waals surface area contributed by atoms with E-state index in [9.17, 15) is 4.79 Å². The van der Waals surface area contributed by atoms with E-state index in [1.165, 1.54) is 6.92 Å². The summed E-state index contributed by atoms with van der Waals surface area (Å²) in [6.45, 7) is 2.44. The fraction of sp³-hybridized carbons (Fsp3) is 0.167. The molecule has 0 saturated heterocycles. The molecule has 0 fully saturated rings. The third-order valence-electron chi connectivity index (χ3n) is 2.97. The maximum absolute atomic E-state index is 10.7. The van der Waals surface area contributed by atoms with Crippen molar-refractivity contribution in [1.29, 1.82) is 0 Å². The first-order chi connectivity index (χ1) is 10.3. The van der Waals surface area contributed by atoms with Crippen LogP contribution in [0.5, 0.6) is 0 Å². The zero-order valence-electron chi connectivity index (χ0n) is 12.1. The summed E-state index contributed by atoms with van der Waals surface area (Å²) < 4.78 is 4.89. The molecule has 0 aliphatic heterocycles. The van der Waals surface area contributed by atoms with Gasteiger partial charge in [0.05, 0.1) is 0 Å². The second-order valence-electron chi connectivity index (χ2n) is 4.56. The van der Waals surface area contributed by atoms with Gasteiger partial charge in [-0.1, -0.05) is 42.5 Å². The molecule has 0 unspecified atom stereocenters. The SMILES string of the molecule is CC(=O)OCC=CCN(c1ccccc1)c1ccccc1. The number of esters is 1. The summed E-state index contributed by atoms with van der Waals surface area (Å²) >= 11 is 0. The molecule has 108 valence electrons. The molecule has 0 radical (unpaired) electrons. The largest absolute Gasteiger partial charge is 0.462 e. The normalized spacial score (nSPS) is 10.5. The third-order valence-corrected chi connectivity index (χ3v) is 2.97. The van der Waals surface area contributed by atoms with Crippen molar-refractivity contribution in [2.24, 2.45) is 0 Å². The Morgan fingerprint density at radius 3 is 1.95 bits per heavy atom. The minimum absolute atomic E-state index is 0.261. The quantitative estimate of drug-likeness (QED) is 0.593. The molecule has 21 heavy (non-hydrogen) atoms. The summed E-state index contributed by atoms with van der Waals surface area (Å²) in [7, 11) is 0. The van der Waals surface area contributed by atoms with E-state index in [0.29, 0.717) is 6.61 Å². The Bertz CT molecular complexity index is 539. The molecular formula is C18H19NO2. The van der Waals surface area contributed by atoms with Crippen molar-refractivity contribution >= 4 is 17.3 Å². The van der Waals surface area contributed by atoms with Crippen LogP contribution in [-0.4, -0.2) is 19.1 Å². The van der Waals surface area contributed by atoms with Crippen LogP contribution in [0.15, 0.2) is 72.8 Å². The van der Waals surface area contributed by atoms with E-state index in [0.717, 1.165) is 17.9 Å². The Morgan fingerprint density at radius 1 is 0.952 bits per heavy atom. The van der Waals surface area contributed by atoms with E-state index in [-0.39, 0.29) is 5.97 Å². The van der Waals surface area contributed by atoms with Crippen molar-refractivity contribution in [3.63, 3.8) is 0 Å². The van der Waals surface area contributed by atoms with Gasteiger partial charge in [0.15, 0.2) is 0 Å². The van der Waals surface area contributed by atoms with Crippen LogP contribution in [-0.2, 0) is 9.53 Å². The smallest absolute Gasteiger partial charge is 0.302 e. The molecule has 0 atom stereocenters. The average Bonchev–Trinajstić information content (AvgIpc) is 2.52. The highest BCUT2D eigenvalue weighted by molar-refractivity contribution is 5.66. The third kappa shape index (κ3) is 4.80. The summed E-state index contributed by atoms with van der Waals surface area (Å²) in [4.78, 5) is 12.9. The molecule has 0 aliphatic rings. The fourth-order valence-electron chi connectivity index (χ4n) is 1.99.